The zero-order valence-corrected chi connectivity index (χ0v) is 21.2. The van der Waals surface area contributed by atoms with Gasteiger partial charge in [0, 0.05) is 5.92 Å². The van der Waals surface area contributed by atoms with Crippen molar-refractivity contribution in [2.75, 3.05) is 0 Å². The molecule has 0 saturated heterocycles. The average molecular weight is 441 g/mol. The van der Waals surface area contributed by atoms with Crippen LogP contribution in [0.2, 0.25) is 19.6 Å². The van der Waals surface area contributed by atoms with E-state index in [1.807, 2.05) is 0 Å². The van der Waals surface area contributed by atoms with Gasteiger partial charge in [0.25, 0.3) is 0 Å². The number of benzene rings is 1. The maximum atomic E-state index is 2.54. The first kappa shape index (κ1) is 23.0. The second kappa shape index (κ2) is 10.7. The fourth-order valence-corrected chi connectivity index (χ4v) is 8.43. The molecule has 0 radical (unpaired) electrons. The van der Waals surface area contributed by atoms with Gasteiger partial charge in [-0.25, -0.2) is 0 Å². The number of rotatable bonds is 9. The van der Waals surface area contributed by atoms with Gasteiger partial charge >= 0.3 is 0 Å². The molecule has 32 heavy (non-hydrogen) atoms. The summed E-state index contributed by atoms with van der Waals surface area (Å²) in [6.07, 6.45) is 31.1. The van der Waals surface area contributed by atoms with Gasteiger partial charge in [-0.2, -0.15) is 0 Å². The van der Waals surface area contributed by atoms with E-state index in [4.69, 9.17) is 0 Å². The maximum absolute atomic E-state index is 2.54. The summed E-state index contributed by atoms with van der Waals surface area (Å²) in [6, 6.07) is 11.3. The van der Waals surface area contributed by atoms with Gasteiger partial charge in [-0.05, 0) is 41.7 Å². The Morgan fingerprint density at radius 1 is 0.625 bits per heavy atom. The molecule has 0 nitrogen and oxygen atoms in total. The van der Waals surface area contributed by atoms with E-state index in [9.17, 15) is 0 Å². The number of hydrogen-bond donors (Lipinski definition) is 0. The molecule has 0 fully saturated rings. The third-order valence-corrected chi connectivity index (χ3v) is 9.61. The molecule has 1 aromatic rings. The van der Waals surface area contributed by atoms with Crippen molar-refractivity contribution >= 4 is 13.6 Å². The Bertz CT molecular complexity index is 916. The van der Waals surface area contributed by atoms with E-state index in [-0.39, 0.29) is 0 Å². The summed E-state index contributed by atoms with van der Waals surface area (Å²) < 4.78 is 0. The Kier molecular flexibility index (Phi) is 7.68. The second-order valence-electron chi connectivity index (χ2n) is 10.7. The molecule has 3 atom stereocenters. The van der Waals surface area contributed by atoms with Crippen molar-refractivity contribution in [2.45, 2.75) is 58.2 Å². The quantitative estimate of drug-likeness (QED) is 0.265. The highest BCUT2D eigenvalue weighted by Crippen LogP contribution is 2.53. The summed E-state index contributed by atoms with van der Waals surface area (Å²) in [6.45, 7) is 7.63. The molecule has 0 aromatic heterocycles. The Balaban J connectivity index is 1.39. The number of unbranched alkanes of at least 4 members (excludes halogenated alkanes) is 3. The summed E-state index contributed by atoms with van der Waals surface area (Å²) in [4.78, 5) is 0. The van der Waals surface area contributed by atoms with E-state index in [0.717, 1.165) is 5.92 Å². The highest BCUT2D eigenvalue weighted by Gasteiger charge is 2.44. The summed E-state index contributed by atoms with van der Waals surface area (Å²) in [5.41, 5.74) is 3.13. The van der Waals surface area contributed by atoms with Gasteiger partial charge < -0.3 is 0 Å². The van der Waals surface area contributed by atoms with Crippen LogP contribution in [0.5, 0.6) is 0 Å². The van der Waals surface area contributed by atoms with Gasteiger partial charge in [-0.3, -0.25) is 0 Å². The van der Waals surface area contributed by atoms with Gasteiger partial charge in [-0.1, -0.05) is 142 Å². The molecular formula is C31H40Si. The Hall–Kier alpha value is -2.12. The first-order valence-corrected chi connectivity index (χ1v) is 16.2. The lowest BCUT2D eigenvalue weighted by atomic mass is 9.81. The SMILES string of the molecule is C[Si](C)(C)C1=C(c2ccccc2)C2C=CC=CC1C2CCCCCCC1C=CC=CC=C1. The molecule has 0 heterocycles. The molecular weight excluding hydrogens is 400 g/mol. The lowest BCUT2D eigenvalue weighted by Crippen LogP contribution is -2.29. The molecule has 0 amide bonds. The first-order chi connectivity index (χ1) is 15.6. The van der Waals surface area contributed by atoms with E-state index < -0.39 is 8.07 Å². The highest BCUT2D eigenvalue weighted by molar-refractivity contribution is 6.84. The molecule has 1 aromatic carbocycles. The van der Waals surface area contributed by atoms with Gasteiger partial charge in [-0.15, -0.1) is 0 Å². The van der Waals surface area contributed by atoms with Crippen LogP contribution in [0.25, 0.3) is 5.57 Å². The van der Waals surface area contributed by atoms with E-state index in [0.29, 0.717) is 17.8 Å². The maximum Gasteiger partial charge on any atom is 0.0736 e. The standard InChI is InChI=1S/C31H40Si/c1-32(2,3)31-29-24-16-15-23-28(30(31)26-20-12-8-13-21-26)27(29)22-14-7-6-11-19-25-17-9-4-5-10-18-25/h4-5,8-10,12-13,15-18,20-21,23-25,27-29H,6-7,11,14,19,22H2,1-3H3. The largest absolute Gasteiger partial charge is 0.0776 e. The minimum Gasteiger partial charge on any atom is -0.0776 e. The van der Waals surface area contributed by atoms with Crippen LogP contribution in [-0.2, 0) is 0 Å². The van der Waals surface area contributed by atoms with Crippen LogP contribution in [0.4, 0.5) is 0 Å². The van der Waals surface area contributed by atoms with Crippen molar-refractivity contribution in [1.29, 1.82) is 0 Å². The fraction of sp³-hybridized carbons (Fsp3) is 0.419. The summed E-state index contributed by atoms with van der Waals surface area (Å²) >= 11 is 0. The zero-order valence-electron chi connectivity index (χ0n) is 20.2. The minimum atomic E-state index is -1.43. The van der Waals surface area contributed by atoms with Crippen LogP contribution in [0.1, 0.15) is 44.1 Å². The van der Waals surface area contributed by atoms with Crippen molar-refractivity contribution in [1.82, 2.24) is 0 Å². The van der Waals surface area contributed by atoms with Crippen LogP contribution in [0, 0.1) is 23.7 Å². The average Bonchev–Trinajstić information content (AvgIpc) is 2.94. The fourth-order valence-electron chi connectivity index (χ4n) is 6.00. The van der Waals surface area contributed by atoms with Crippen LogP contribution in [0.3, 0.4) is 0 Å². The second-order valence-corrected chi connectivity index (χ2v) is 15.8. The molecule has 3 aliphatic carbocycles. The molecule has 3 unspecified atom stereocenters. The molecule has 168 valence electrons. The Labute approximate surface area is 197 Å². The number of hydrogen-bond acceptors (Lipinski definition) is 0. The summed E-state index contributed by atoms with van der Waals surface area (Å²) in [5, 5.41) is 1.81. The van der Waals surface area contributed by atoms with Crippen molar-refractivity contribution < 1.29 is 0 Å². The van der Waals surface area contributed by atoms with E-state index >= 15 is 0 Å². The van der Waals surface area contributed by atoms with Crippen molar-refractivity contribution in [2.24, 2.45) is 23.7 Å². The van der Waals surface area contributed by atoms with Crippen molar-refractivity contribution in [3.63, 3.8) is 0 Å². The molecule has 2 bridgehead atoms. The lowest BCUT2D eigenvalue weighted by molar-refractivity contribution is 0.375. The van der Waals surface area contributed by atoms with Crippen molar-refractivity contribution in [3.8, 4) is 0 Å². The highest BCUT2D eigenvalue weighted by atomic mass is 28.3. The van der Waals surface area contributed by atoms with Gasteiger partial charge in [0.15, 0.2) is 0 Å². The van der Waals surface area contributed by atoms with Gasteiger partial charge in [0.2, 0.25) is 0 Å². The molecule has 1 heteroatoms. The smallest absolute Gasteiger partial charge is 0.0736 e. The lowest BCUT2D eigenvalue weighted by Gasteiger charge is -2.28. The van der Waals surface area contributed by atoms with E-state index in [2.05, 4.69) is 111 Å². The van der Waals surface area contributed by atoms with Crippen LogP contribution in [-0.4, -0.2) is 8.07 Å². The normalized spacial score (nSPS) is 24.9. The zero-order chi connectivity index (χ0) is 22.4. The summed E-state index contributed by atoms with van der Waals surface area (Å²) in [7, 11) is -1.43. The Morgan fingerprint density at radius 2 is 1.22 bits per heavy atom. The topological polar surface area (TPSA) is 0 Å². The van der Waals surface area contributed by atoms with Crippen LogP contribution >= 0.6 is 0 Å². The number of fused-ring (bicyclic) bond motifs is 2. The summed E-state index contributed by atoms with van der Waals surface area (Å²) in [5.74, 6) is 2.56. The van der Waals surface area contributed by atoms with Crippen LogP contribution < -0.4 is 0 Å². The van der Waals surface area contributed by atoms with Gasteiger partial charge in [0.05, 0.1) is 8.07 Å². The predicted octanol–water partition coefficient (Wildman–Crippen LogP) is 8.94. The molecule has 4 rings (SSSR count). The molecule has 0 aliphatic heterocycles. The number of allylic oxidation sites excluding steroid dienone is 12. The van der Waals surface area contributed by atoms with E-state index in [1.165, 1.54) is 44.1 Å². The molecule has 0 spiro atoms. The molecule has 0 N–H and O–H groups in total. The van der Waals surface area contributed by atoms with Crippen LogP contribution in [0.15, 0.2) is 96.3 Å². The van der Waals surface area contributed by atoms with E-state index in [1.54, 1.807) is 10.8 Å². The van der Waals surface area contributed by atoms with Gasteiger partial charge in [0.1, 0.15) is 0 Å². The predicted molar refractivity (Wildman–Crippen MR) is 144 cm³/mol. The molecule has 3 aliphatic rings. The monoisotopic (exact) mass is 440 g/mol. The van der Waals surface area contributed by atoms with Crippen molar-refractivity contribution in [3.05, 3.63) is 102 Å². The first-order valence-electron chi connectivity index (χ1n) is 12.7. The minimum absolute atomic E-state index is 0.577. The molecule has 0 saturated carbocycles. The third kappa shape index (κ3) is 5.43. The third-order valence-electron chi connectivity index (χ3n) is 7.40. The Morgan fingerprint density at radius 3 is 1.88 bits per heavy atom.